The molecule has 2 N–H and O–H groups in total. The molecule has 3 heteroatoms. The van der Waals surface area contributed by atoms with Gasteiger partial charge in [-0.1, -0.05) is 12.2 Å². The number of carboxylic acids is 1. The summed E-state index contributed by atoms with van der Waals surface area (Å²) in [6.45, 7) is 1.36. The second-order valence-electron chi connectivity index (χ2n) is 3.42. The molecule has 0 aromatic rings. The van der Waals surface area contributed by atoms with Crippen molar-refractivity contribution in [1.29, 1.82) is 0 Å². The van der Waals surface area contributed by atoms with Gasteiger partial charge in [0.05, 0.1) is 0 Å². The van der Waals surface area contributed by atoms with Crippen molar-refractivity contribution >= 4 is 5.97 Å². The first-order valence-electron chi connectivity index (χ1n) is 4.17. The molecule has 1 aliphatic rings. The Labute approximate surface area is 71.7 Å². The first kappa shape index (κ1) is 9.26. The number of allylic oxidation sites excluding steroid dienone is 1. The second-order valence-corrected chi connectivity index (χ2v) is 3.42. The van der Waals surface area contributed by atoms with Gasteiger partial charge in [0, 0.05) is 5.92 Å². The highest BCUT2D eigenvalue weighted by Crippen LogP contribution is 2.27. The van der Waals surface area contributed by atoms with E-state index in [0.717, 1.165) is 19.3 Å². The molecule has 12 heavy (non-hydrogen) atoms. The summed E-state index contributed by atoms with van der Waals surface area (Å²) in [7, 11) is 0. The fourth-order valence-electron chi connectivity index (χ4n) is 1.44. The maximum atomic E-state index is 10.6. The highest BCUT2D eigenvalue weighted by atomic mass is 16.4. The van der Waals surface area contributed by atoms with E-state index in [1.807, 2.05) is 6.08 Å². The molecular formula is C9H14O3. The average molecular weight is 170 g/mol. The van der Waals surface area contributed by atoms with Gasteiger partial charge in [-0.2, -0.15) is 0 Å². The van der Waals surface area contributed by atoms with Crippen LogP contribution in [0.2, 0.25) is 0 Å². The smallest absolute Gasteiger partial charge is 0.336 e. The Balaban J connectivity index is 2.73. The molecule has 0 fully saturated rings. The van der Waals surface area contributed by atoms with Gasteiger partial charge >= 0.3 is 5.97 Å². The third kappa shape index (κ3) is 1.67. The first-order chi connectivity index (χ1) is 5.55. The van der Waals surface area contributed by atoms with Crippen LogP contribution in [0.15, 0.2) is 12.2 Å². The molecule has 0 aromatic heterocycles. The standard InChI is InChI=1S/C9H14O3/c1-9(12,8(10)11)7-5-3-2-4-6-7/h3,5,7,12H,2,4,6H2,1H3,(H,10,11)/t7-,9+/m0/s1. The number of hydrogen-bond donors (Lipinski definition) is 2. The summed E-state index contributed by atoms with van der Waals surface area (Å²) in [6, 6.07) is 0. The maximum absolute atomic E-state index is 10.6. The first-order valence-corrected chi connectivity index (χ1v) is 4.17. The van der Waals surface area contributed by atoms with E-state index < -0.39 is 11.6 Å². The van der Waals surface area contributed by atoms with E-state index in [1.165, 1.54) is 6.92 Å². The zero-order valence-corrected chi connectivity index (χ0v) is 7.16. The fraction of sp³-hybridized carbons (Fsp3) is 0.667. The molecule has 2 atom stereocenters. The zero-order chi connectivity index (χ0) is 9.19. The molecular weight excluding hydrogens is 156 g/mol. The molecule has 1 rings (SSSR count). The lowest BCUT2D eigenvalue weighted by molar-refractivity contribution is -0.160. The summed E-state index contributed by atoms with van der Waals surface area (Å²) >= 11 is 0. The van der Waals surface area contributed by atoms with Crippen LogP contribution in [-0.4, -0.2) is 21.8 Å². The minimum absolute atomic E-state index is 0.233. The number of aliphatic hydroxyl groups is 1. The number of hydrogen-bond acceptors (Lipinski definition) is 2. The van der Waals surface area contributed by atoms with E-state index in [1.54, 1.807) is 6.08 Å². The molecule has 0 bridgehead atoms. The predicted molar refractivity (Wildman–Crippen MR) is 44.7 cm³/mol. The molecule has 1 aliphatic carbocycles. The number of carbonyl (C=O) groups is 1. The lowest BCUT2D eigenvalue weighted by atomic mass is 9.82. The van der Waals surface area contributed by atoms with Crippen LogP contribution >= 0.6 is 0 Å². The molecule has 0 aliphatic heterocycles. The summed E-state index contributed by atoms with van der Waals surface area (Å²) in [5.74, 6) is -1.37. The molecule has 0 saturated carbocycles. The third-order valence-electron chi connectivity index (χ3n) is 2.41. The van der Waals surface area contributed by atoms with Crippen molar-refractivity contribution in [2.24, 2.45) is 5.92 Å². The zero-order valence-electron chi connectivity index (χ0n) is 7.16. The Morgan fingerprint density at radius 1 is 1.67 bits per heavy atom. The van der Waals surface area contributed by atoms with Crippen molar-refractivity contribution in [2.75, 3.05) is 0 Å². The van der Waals surface area contributed by atoms with Crippen LogP contribution in [0.25, 0.3) is 0 Å². The predicted octanol–water partition coefficient (Wildman–Crippen LogP) is 1.18. The van der Waals surface area contributed by atoms with Gasteiger partial charge in [0.25, 0.3) is 0 Å². The van der Waals surface area contributed by atoms with E-state index in [9.17, 15) is 9.90 Å². The van der Waals surface area contributed by atoms with E-state index >= 15 is 0 Å². The lowest BCUT2D eigenvalue weighted by Gasteiger charge is -2.28. The van der Waals surface area contributed by atoms with Crippen LogP contribution in [0.1, 0.15) is 26.2 Å². The summed E-state index contributed by atoms with van der Waals surface area (Å²) in [6.07, 6.45) is 6.45. The summed E-state index contributed by atoms with van der Waals surface area (Å²) in [5.41, 5.74) is -1.60. The van der Waals surface area contributed by atoms with Gasteiger partial charge in [-0.25, -0.2) is 4.79 Å². The van der Waals surface area contributed by atoms with Gasteiger partial charge in [0.1, 0.15) is 0 Å². The second kappa shape index (κ2) is 3.27. The molecule has 0 saturated heterocycles. The molecule has 68 valence electrons. The van der Waals surface area contributed by atoms with Gasteiger partial charge < -0.3 is 10.2 Å². The normalized spacial score (nSPS) is 28.0. The van der Waals surface area contributed by atoms with E-state index in [4.69, 9.17) is 5.11 Å². The van der Waals surface area contributed by atoms with Crippen molar-refractivity contribution in [3.63, 3.8) is 0 Å². The van der Waals surface area contributed by atoms with Gasteiger partial charge in [-0.3, -0.25) is 0 Å². The lowest BCUT2D eigenvalue weighted by Crippen LogP contribution is -2.42. The van der Waals surface area contributed by atoms with Gasteiger partial charge in [0.15, 0.2) is 5.60 Å². The molecule has 0 spiro atoms. The Morgan fingerprint density at radius 3 is 2.75 bits per heavy atom. The molecule has 0 unspecified atom stereocenters. The van der Waals surface area contributed by atoms with Crippen molar-refractivity contribution in [2.45, 2.75) is 31.8 Å². The van der Waals surface area contributed by atoms with Crippen molar-refractivity contribution in [3.05, 3.63) is 12.2 Å². The highest BCUT2D eigenvalue weighted by Gasteiger charge is 2.37. The van der Waals surface area contributed by atoms with Crippen molar-refractivity contribution < 1.29 is 15.0 Å². The van der Waals surface area contributed by atoms with Crippen LogP contribution in [0.5, 0.6) is 0 Å². The Bertz CT molecular complexity index is 206. The average Bonchev–Trinajstić information content (AvgIpc) is 2.06. The van der Waals surface area contributed by atoms with E-state index in [-0.39, 0.29) is 5.92 Å². The minimum atomic E-state index is -1.60. The molecule has 0 radical (unpaired) electrons. The largest absolute Gasteiger partial charge is 0.479 e. The number of carboxylic acid groups (broad SMARTS) is 1. The van der Waals surface area contributed by atoms with Crippen LogP contribution in [-0.2, 0) is 4.79 Å². The highest BCUT2D eigenvalue weighted by molar-refractivity contribution is 5.77. The Hall–Kier alpha value is -0.830. The molecule has 0 amide bonds. The quantitative estimate of drug-likeness (QED) is 0.612. The topological polar surface area (TPSA) is 57.5 Å². The third-order valence-corrected chi connectivity index (χ3v) is 2.41. The van der Waals surface area contributed by atoms with Crippen LogP contribution in [0.4, 0.5) is 0 Å². The van der Waals surface area contributed by atoms with Gasteiger partial charge in [0.2, 0.25) is 0 Å². The molecule has 0 heterocycles. The van der Waals surface area contributed by atoms with Gasteiger partial charge in [-0.05, 0) is 26.2 Å². The van der Waals surface area contributed by atoms with Crippen molar-refractivity contribution in [3.8, 4) is 0 Å². The fourth-order valence-corrected chi connectivity index (χ4v) is 1.44. The van der Waals surface area contributed by atoms with Crippen LogP contribution < -0.4 is 0 Å². The monoisotopic (exact) mass is 170 g/mol. The number of rotatable bonds is 2. The number of aliphatic carboxylic acids is 1. The van der Waals surface area contributed by atoms with Crippen molar-refractivity contribution in [1.82, 2.24) is 0 Å². The van der Waals surface area contributed by atoms with E-state index in [2.05, 4.69) is 0 Å². The summed E-state index contributed by atoms with van der Waals surface area (Å²) in [5, 5.41) is 18.3. The van der Waals surface area contributed by atoms with Gasteiger partial charge in [-0.15, -0.1) is 0 Å². The molecule has 0 aromatic carbocycles. The van der Waals surface area contributed by atoms with E-state index in [0.29, 0.717) is 0 Å². The molecule has 3 nitrogen and oxygen atoms in total. The van der Waals surface area contributed by atoms with Crippen LogP contribution in [0, 0.1) is 5.92 Å². The maximum Gasteiger partial charge on any atom is 0.336 e. The Morgan fingerprint density at radius 2 is 2.33 bits per heavy atom. The summed E-state index contributed by atoms with van der Waals surface area (Å²) < 4.78 is 0. The van der Waals surface area contributed by atoms with Crippen LogP contribution in [0.3, 0.4) is 0 Å². The minimum Gasteiger partial charge on any atom is -0.479 e. The summed E-state index contributed by atoms with van der Waals surface area (Å²) in [4.78, 5) is 10.6. The Kier molecular flexibility index (Phi) is 2.52. The SMILES string of the molecule is C[C@](O)(C(=O)O)[C@H]1C=CCCC1.